The van der Waals surface area contributed by atoms with Crippen molar-refractivity contribution < 1.29 is 27.5 Å². The van der Waals surface area contributed by atoms with Crippen molar-refractivity contribution in [3.8, 4) is 5.75 Å². The number of fused-ring (bicyclic) bond motifs is 2. The summed E-state index contributed by atoms with van der Waals surface area (Å²) < 4.78 is 43.0. The average Bonchev–Trinajstić information content (AvgIpc) is 3.84. The Morgan fingerprint density at radius 3 is 2.43 bits per heavy atom. The summed E-state index contributed by atoms with van der Waals surface area (Å²) in [6.07, 6.45) is 12.0. The first-order valence-corrected chi connectivity index (χ1v) is 15.6. The Kier molecular flexibility index (Phi) is 9.00. The lowest BCUT2D eigenvalue weighted by Crippen LogP contribution is -2.40. The van der Waals surface area contributed by atoms with Gasteiger partial charge in [0.1, 0.15) is 24.1 Å². The zero-order valence-electron chi connectivity index (χ0n) is 24.9. The molecule has 0 saturated heterocycles. The first kappa shape index (κ1) is 31.5. The predicted octanol–water partition coefficient (Wildman–Crippen LogP) is 8.36. The van der Waals surface area contributed by atoms with Gasteiger partial charge in [0.2, 0.25) is 6.41 Å². The number of carbonyl (C=O) groups is 2. The fraction of sp³-hybridized carbons (Fsp3) is 0.270. The molecule has 9 heteroatoms. The van der Waals surface area contributed by atoms with Crippen molar-refractivity contribution in [1.29, 1.82) is 0 Å². The maximum Gasteiger partial charge on any atom is 0.422 e. The summed E-state index contributed by atoms with van der Waals surface area (Å²) in [5, 5.41) is 0.672. The van der Waals surface area contributed by atoms with Gasteiger partial charge in [0.25, 0.3) is 0 Å². The lowest BCUT2D eigenvalue weighted by molar-refractivity contribution is -0.153. The Morgan fingerprint density at radius 2 is 1.76 bits per heavy atom. The number of aldehydes is 1. The molecule has 1 heterocycles. The minimum atomic E-state index is -4.49. The Morgan fingerprint density at radius 1 is 1.02 bits per heavy atom. The average molecular weight is 645 g/mol. The lowest BCUT2D eigenvalue weighted by Gasteiger charge is -2.39. The molecule has 1 saturated carbocycles. The molecule has 0 aromatic heterocycles. The molecule has 0 bridgehead atoms. The van der Waals surface area contributed by atoms with Crippen LogP contribution in [0, 0.1) is 5.92 Å². The maximum atomic E-state index is 12.7. The molecule has 2 aromatic rings. The molecular formula is C37H32ClF3N2O3. The molecule has 0 radical (unpaired) electrons. The van der Waals surface area contributed by atoms with E-state index in [2.05, 4.69) is 24.8 Å². The highest BCUT2D eigenvalue weighted by Crippen LogP contribution is 2.47. The van der Waals surface area contributed by atoms with E-state index >= 15 is 0 Å². The number of nitrogens with zero attached hydrogens (tertiary/aromatic N) is 2. The second-order valence-electron chi connectivity index (χ2n) is 11.8. The van der Waals surface area contributed by atoms with Crippen LogP contribution in [-0.4, -0.2) is 48.2 Å². The van der Waals surface area contributed by atoms with Gasteiger partial charge in [-0.3, -0.25) is 9.79 Å². The molecule has 0 spiro atoms. The number of halogens is 4. The predicted molar refractivity (Wildman–Crippen MR) is 174 cm³/mol. The summed E-state index contributed by atoms with van der Waals surface area (Å²) >= 11 is 6.17. The highest BCUT2D eigenvalue weighted by molar-refractivity contribution is 6.30. The standard InChI is InChI=1S/C37H32ClF3N2O3/c1-2-23-6-3-4-9-30-32(19-31(36-35(30)42-36)24-10-14-27(38)15-11-24)34(23)25-12-16-28(17-13-25)43(22-45)33(20-44)26-7-5-8-29(18-26)46-21-37(39,40)41/h2-11,14-15,18-20,22,25,28,33,36H,1,12-13,16-17,21H2. The minimum absolute atomic E-state index is 0.0170. The molecular weight excluding hydrogens is 613 g/mol. The summed E-state index contributed by atoms with van der Waals surface area (Å²) in [4.78, 5) is 31.1. The molecule has 2 unspecified atom stereocenters. The van der Waals surface area contributed by atoms with Crippen molar-refractivity contribution in [1.82, 2.24) is 4.90 Å². The number of benzene rings is 2. The number of alkyl halides is 3. The molecule has 5 nitrogen and oxygen atoms in total. The molecule has 0 N–H and O–H groups in total. The summed E-state index contributed by atoms with van der Waals surface area (Å²) in [5.41, 5.74) is 8.08. The van der Waals surface area contributed by atoms with Crippen molar-refractivity contribution >= 4 is 35.6 Å². The molecule has 1 fully saturated rings. The molecule has 236 valence electrons. The van der Waals surface area contributed by atoms with Crippen LogP contribution in [0.4, 0.5) is 13.2 Å². The van der Waals surface area contributed by atoms with Gasteiger partial charge in [0, 0.05) is 16.6 Å². The van der Waals surface area contributed by atoms with E-state index in [0.29, 0.717) is 36.1 Å². The van der Waals surface area contributed by atoms with E-state index in [1.165, 1.54) is 28.7 Å². The summed E-state index contributed by atoms with van der Waals surface area (Å²) in [6.45, 7) is 2.68. The number of hydrogen-bond donors (Lipinski definition) is 0. The Hall–Kier alpha value is -4.43. The van der Waals surface area contributed by atoms with Gasteiger partial charge in [-0.15, -0.1) is 0 Å². The van der Waals surface area contributed by atoms with E-state index in [4.69, 9.17) is 21.3 Å². The molecule has 1 amide bonds. The molecule has 2 atom stereocenters. The SMILES string of the molecule is C=CC1=C(C2CCC(N(C=O)C(C=O)c3cccc(OCC(F)(F)F)c3)CC2)C2=C(C=CC=C1)C1=NC1C(c1ccc(Cl)cc1)=C2. The Balaban J connectivity index is 1.25. The van der Waals surface area contributed by atoms with Crippen LogP contribution in [-0.2, 0) is 9.59 Å². The van der Waals surface area contributed by atoms with Gasteiger partial charge >= 0.3 is 6.18 Å². The van der Waals surface area contributed by atoms with Crippen LogP contribution in [0.2, 0.25) is 5.02 Å². The Labute approximate surface area is 270 Å². The quantitative estimate of drug-likeness (QED) is 0.244. The van der Waals surface area contributed by atoms with Gasteiger partial charge in [0.15, 0.2) is 6.61 Å². The van der Waals surface area contributed by atoms with Crippen LogP contribution in [0.1, 0.15) is 42.9 Å². The largest absolute Gasteiger partial charge is 0.484 e. The van der Waals surface area contributed by atoms with Crippen LogP contribution in [0.25, 0.3) is 5.57 Å². The number of amides is 1. The minimum Gasteiger partial charge on any atom is -0.484 e. The molecule has 1 aliphatic heterocycles. The molecule has 46 heavy (non-hydrogen) atoms. The lowest BCUT2D eigenvalue weighted by atomic mass is 9.73. The van der Waals surface area contributed by atoms with Gasteiger partial charge in [-0.2, -0.15) is 13.2 Å². The van der Waals surface area contributed by atoms with Crippen LogP contribution >= 0.6 is 11.6 Å². The monoisotopic (exact) mass is 644 g/mol. The second kappa shape index (κ2) is 13.1. The van der Waals surface area contributed by atoms with E-state index in [9.17, 15) is 22.8 Å². The third kappa shape index (κ3) is 6.58. The summed E-state index contributed by atoms with van der Waals surface area (Å²) in [6, 6.07) is 12.6. The van der Waals surface area contributed by atoms with E-state index < -0.39 is 18.8 Å². The number of aliphatic imine (C=N–C) groups is 1. The third-order valence-electron chi connectivity index (χ3n) is 8.97. The number of carbonyl (C=O) groups excluding carboxylic acids is 2. The van der Waals surface area contributed by atoms with Crippen molar-refractivity contribution in [2.75, 3.05) is 6.61 Å². The molecule has 2 aromatic carbocycles. The number of allylic oxidation sites excluding steroid dienone is 9. The van der Waals surface area contributed by atoms with Gasteiger partial charge in [-0.25, -0.2) is 0 Å². The Bertz CT molecular complexity index is 1720. The van der Waals surface area contributed by atoms with Gasteiger partial charge in [0.05, 0.1) is 5.71 Å². The van der Waals surface area contributed by atoms with Gasteiger partial charge < -0.3 is 14.4 Å². The number of rotatable bonds is 10. The molecule has 4 aliphatic rings. The van der Waals surface area contributed by atoms with Crippen molar-refractivity contribution in [2.24, 2.45) is 10.9 Å². The van der Waals surface area contributed by atoms with Gasteiger partial charge in [-0.05, 0) is 95.4 Å². The highest BCUT2D eigenvalue weighted by Gasteiger charge is 2.41. The fourth-order valence-corrected chi connectivity index (χ4v) is 6.90. The summed E-state index contributed by atoms with van der Waals surface area (Å²) in [5.74, 6) is 0.142. The smallest absolute Gasteiger partial charge is 0.422 e. The third-order valence-corrected chi connectivity index (χ3v) is 9.22. The van der Waals surface area contributed by atoms with Crippen LogP contribution < -0.4 is 4.74 Å². The second-order valence-corrected chi connectivity index (χ2v) is 12.2. The normalized spacial score (nSPS) is 22.8. The van der Waals surface area contributed by atoms with E-state index in [-0.39, 0.29) is 23.8 Å². The molecule has 3 aliphatic carbocycles. The van der Waals surface area contributed by atoms with Gasteiger partial charge in [-0.1, -0.05) is 72.8 Å². The van der Waals surface area contributed by atoms with E-state index in [0.717, 1.165) is 46.4 Å². The highest BCUT2D eigenvalue weighted by atomic mass is 35.5. The van der Waals surface area contributed by atoms with Crippen molar-refractivity contribution in [3.05, 3.63) is 130 Å². The van der Waals surface area contributed by atoms with Crippen LogP contribution in [0.5, 0.6) is 5.75 Å². The van der Waals surface area contributed by atoms with Crippen molar-refractivity contribution in [3.63, 3.8) is 0 Å². The fourth-order valence-electron chi connectivity index (χ4n) is 6.77. The van der Waals surface area contributed by atoms with E-state index in [1.54, 1.807) is 6.07 Å². The maximum absolute atomic E-state index is 12.7. The first-order chi connectivity index (χ1) is 22.2. The number of hydrogen-bond acceptors (Lipinski definition) is 4. The first-order valence-electron chi connectivity index (χ1n) is 15.2. The van der Waals surface area contributed by atoms with Crippen LogP contribution in [0.15, 0.2) is 119 Å². The van der Waals surface area contributed by atoms with E-state index in [1.807, 2.05) is 42.5 Å². The van der Waals surface area contributed by atoms with Crippen molar-refractivity contribution in [2.45, 2.75) is 50.0 Å². The zero-order chi connectivity index (χ0) is 32.4. The zero-order valence-corrected chi connectivity index (χ0v) is 25.7. The molecule has 6 rings (SSSR count). The topological polar surface area (TPSA) is 59.0 Å². The number of ether oxygens (including phenoxy) is 1. The van der Waals surface area contributed by atoms with Crippen LogP contribution in [0.3, 0.4) is 0 Å². The summed E-state index contributed by atoms with van der Waals surface area (Å²) in [7, 11) is 0.